The minimum atomic E-state index is -3.00. The van der Waals surface area contributed by atoms with Gasteiger partial charge in [0, 0.05) is 0 Å². The van der Waals surface area contributed by atoms with Crippen molar-refractivity contribution in [2.45, 2.75) is 0 Å². The number of halogens is 4. The molecule has 0 saturated carbocycles. The summed E-state index contributed by atoms with van der Waals surface area (Å²) in [5.74, 6) is 0. The second-order valence-corrected chi connectivity index (χ2v) is 21.7. The molecule has 0 N–H and O–H groups in total. The average Bonchev–Trinajstić information content (AvgIpc) is 1.12. The Morgan fingerprint density at radius 3 is 0.800 bits per heavy atom. The van der Waals surface area contributed by atoms with Gasteiger partial charge in [-0.3, -0.25) is 0 Å². The van der Waals surface area contributed by atoms with E-state index in [4.69, 9.17) is 36.8 Å². The molecule has 6 heteroatoms. The summed E-state index contributed by atoms with van der Waals surface area (Å²) in [5, 5.41) is 0. The van der Waals surface area contributed by atoms with Crippen molar-refractivity contribution < 1.29 is 17.3 Å². The van der Waals surface area contributed by atoms with Crippen molar-refractivity contribution in [2.24, 2.45) is 0 Å². The summed E-state index contributed by atoms with van der Waals surface area (Å²) in [6.45, 7) is 0. The van der Waals surface area contributed by atoms with E-state index < -0.39 is 12.8 Å². The second-order valence-electron chi connectivity index (χ2n) is 2.94. The molecule has 0 rings (SSSR count). The van der Waals surface area contributed by atoms with E-state index in [9.17, 15) is 0 Å². The Morgan fingerprint density at radius 2 is 0.800 bits per heavy atom. The minimum absolute atomic E-state index is 1.00. The molecule has 0 aromatic rings. The van der Waals surface area contributed by atoms with Crippen LogP contribution in [0.15, 0.2) is 0 Å². The van der Waals surface area contributed by atoms with Crippen LogP contribution in [0.3, 0.4) is 0 Å². The van der Waals surface area contributed by atoms with E-state index in [2.05, 4.69) is 28.2 Å². The van der Waals surface area contributed by atoms with Gasteiger partial charge in [-0.1, -0.05) is 0 Å². The summed E-state index contributed by atoms with van der Waals surface area (Å²) in [7, 11) is 28.5. The molecule has 0 aliphatic heterocycles. The van der Waals surface area contributed by atoms with Crippen molar-refractivity contribution in [1.82, 2.24) is 0 Å². The van der Waals surface area contributed by atoms with E-state index in [1.165, 1.54) is 0 Å². The first kappa shape index (κ1) is 14.4. The van der Waals surface area contributed by atoms with Gasteiger partial charge < -0.3 is 4.48 Å². The summed E-state index contributed by atoms with van der Waals surface area (Å²) in [4.78, 5) is 0. The van der Waals surface area contributed by atoms with Gasteiger partial charge in [-0.2, -0.15) is 0 Å². The molecule has 0 saturated heterocycles. The third-order valence-electron chi connectivity index (χ3n) is 0. The molecule has 10 heavy (non-hydrogen) atoms. The Bertz CT molecular complexity index is 60.2. The molecular weight excluding hydrogens is 401 g/mol. The fourth-order valence-electron chi connectivity index (χ4n) is 0. The number of quaternary nitrogens is 1. The van der Waals surface area contributed by atoms with Gasteiger partial charge in [-0.15, -0.1) is 0 Å². The van der Waals surface area contributed by atoms with Crippen molar-refractivity contribution in [1.29, 1.82) is 0 Å². The van der Waals surface area contributed by atoms with E-state index >= 15 is 0 Å². The zero-order chi connectivity index (χ0) is 9.00. The molecule has 0 atom stereocenters. The molecule has 0 heterocycles. The maximum atomic E-state index is 5.00. The van der Waals surface area contributed by atoms with Gasteiger partial charge in [0.15, 0.2) is 0 Å². The number of hydrogen-bond acceptors (Lipinski definition) is 0. The zero-order valence-electron chi connectivity index (χ0n) is 6.26. The van der Waals surface area contributed by atoms with Crippen LogP contribution in [0.2, 0.25) is 0 Å². The monoisotopic (exact) mass is 411 g/mol. The fraction of sp³-hybridized carbons (Fsp3) is 1.00. The van der Waals surface area contributed by atoms with Gasteiger partial charge in [0.05, 0.1) is 28.2 Å². The van der Waals surface area contributed by atoms with Crippen LogP contribution in [-0.2, 0) is 12.8 Å². The number of hydrogen-bond donors (Lipinski definition) is 0. The molecule has 0 aromatic heterocycles. The molecule has 0 amide bonds. The molecule has 0 radical (unpaired) electrons. The van der Waals surface area contributed by atoms with Crippen LogP contribution in [0.1, 0.15) is 0 Å². The van der Waals surface area contributed by atoms with Gasteiger partial charge in [-0.05, 0) is 0 Å². The Kier molecular flexibility index (Phi) is 7.91. The molecule has 0 spiro atoms. The van der Waals surface area contributed by atoms with Gasteiger partial charge in [0.2, 0.25) is 0 Å². The Balaban J connectivity index is 0. The molecular formula is C4H12AuCl4N. The first-order valence-corrected chi connectivity index (χ1v) is 13.0. The molecule has 0 aromatic carbocycles. The Morgan fingerprint density at radius 1 is 0.800 bits per heavy atom. The number of rotatable bonds is 0. The van der Waals surface area contributed by atoms with Crippen LogP contribution in [0.4, 0.5) is 0 Å². The summed E-state index contributed by atoms with van der Waals surface area (Å²) < 4.78 is 1.00. The van der Waals surface area contributed by atoms with E-state index in [0.717, 1.165) is 4.48 Å². The quantitative estimate of drug-likeness (QED) is 0.424. The Hall–Kier alpha value is 1.86. The Labute approximate surface area is 81.6 Å². The fourth-order valence-corrected chi connectivity index (χ4v) is 0. The molecule has 0 unspecified atom stereocenters. The summed E-state index contributed by atoms with van der Waals surface area (Å²) in [6.07, 6.45) is 0. The first-order chi connectivity index (χ1) is 4.00. The number of nitrogens with zero attached hydrogens (tertiary/aromatic N) is 1. The van der Waals surface area contributed by atoms with Gasteiger partial charge in [0.1, 0.15) is 0 Å². The zero-order valence-corrected chi connectivity index (χ0v) is 11.5. The van der Waals surface area contributed by atoms with E-state index in [-0.39, 0.29) is 0 Å². The standard InChI is InChI=1S/C4H12N.Au.4ClH/c1-5(2,3)4;;;;;/h1-4H3;;4*1H/q+1;+3;;;;/p-4. The maximum absolute atomic E-state index is 5.00. The second kappa shape index (κ2) is 5.50. The summed E-state index contributed by atoms with van der Waals surface area (Å²) >= 11 is -3.00. The van der Waals surface area contributed by atoms with Crippen LogP contribution in [0.5, 0.6) is 0 Å². The molecule has 0 aliphatic rings. The predicted octanol–water partition coefficient (Wildman–Crippen LogP) is 3.08. The molecule has 0 fully saturated rings. The van der Waals surface area contributed by atoms with E-state index in [1.807, 2.05) is 0 Å². The first-order valence-electron chi connectivity index (χ1n) is 2.24. The van der Waals surface area contributed by atoms with Crippen LogP contribution in [-0.4, -0.2) is 32.7 Å². The topological polar surface area (TPSA) is 0 Å². The molecule has 1 nitrogen and oxygen atoms in total. The van der Waals surface area contributed by atoms with Gasteiger partial charge >= 0.3 is 49.6 Å². The summed E-state index contributed by atoms with van der Waals surface area (Å²) in [6, 6.07) is 0. The third kappa shape index (κ3) is 224. The van der Waals surface area contributed by atoms with Crippen molar-refractivity contribution in [3.63, 3.8) is 0 Å². The molecule has 0 bridgehead atoms. The third-order valence-corrected chi connectivity index (χ3v) is 0. The average molecular weight is 413 g/mol. The van der Waals surface area contributed by atoms with Crippen molar-refractivity contribution in [3.05, 3.63) is 0 Å². The van der Waals surface area contributed by atoms with Crippen molar-refractivity contribution in [2.75, 3.05) is 28.2 Å². The van der Waals surface area contributed by atoms with Crippen LogP contribution >= 0.6 is 36.8 Å². The van der Waals surface area contributed by atoms with Gasteiger partial charge in [0.25, 0.3) is 0 Å². The summed E-state index contributed by atoms with van der Waals surface area (Å²) in [5.41, 5.74) is 0. The van der Waals surface area contributed by atoms with E-state index in [1.54, 1.807) is 0 Å². The predicted molar refractivity (Wildman–Crippen MR) is 47.4 cm³/mol. The van der Waals surface area contributed by atoms with Crippen molar-refractivity contribution >= 4 is 36.8 Å². The van der Waals surface area contributed by atoms with Crippen LogP contribution in [0, 0.1) is 0 Å². The van der Waals surface area contributed by atoms with E-state index in [0.29, 0.717) is 0 Å². The van der Waals surface area contributed by atoms with Crippen LogP contribution < -0.4 is 0 Å². The normalized spacial score (nSPS) is 13.6. The molecule has 72 valence electrons. The van der Waals surface area contributed by atoms with Crippen LogP contribution in [0.25, 0.3) is 0 Å². The SMILES string of the molecule is C[N+](C)(C)C.[Cl][Au-]([Cl])([Cl])[Cl]. The van der Waals surface area contributed by atoms with Crippen molar-refractivity contribution in [3.8, 4) is 0 Å². The molecule has 0 aliphatic carbocycles. The van der Waals surface area contributed by atoms with Gasteiger partial charge in [-0.25, -0.2) is 0 Å².